The number of carboxylic acid groups (broad SMARTS) is 1. The van der Waals surface area contributed by atoms with Gasteiger partial charge in [0, 0.05) is 5.41 Å². The van der Waals surface area contributed by atoms with E-state index in [2.05, 4.69) is 0 Å². The van der Waals surface area contributed by atoms with Crippen molar-refractivity contribution in [3.63, 3.8) is 0 Å². The molecule has 78 valence electrons. The van der Waals surface area contributed by atoms with E-state index in [4.69, 9.17) is 5.11 Å². The van der Waals surface area contributed by atoms with E-state index in [1.54, 1.807) is 13.8 Å². The first-order valence-electron chi connectivity index (χ1n) is 4.33. The van der Waals surface area contributed by atoms with E-state index < -0.39 is 17.5 Å². The number of aliphatic hydroxyl groups is 1. The third kappa shape index (κ3) is 4.24. The van der Waals surface area contributed by atoms with Crippen LogP contribution in [0.5, 0.6) is 0 Å². The lowest BCUT2D eigenvalue weighted by atomic mass is 9.83. The highest BCUT2D eigenvalue weighted by Gasteiger charge is 2.32. The number of hydrogen-bond acceptors (Lipinski definition) is 3. The molecule has 0 rings (SSSR count). The van der Waals surface area contributed by atoms with Gasteiger partial charge >= 0.3 is 5.97 Å². The fourth-order valence-electron chi connectivity index (χ4n) is 0.983. The number of rotatable bonds is 5. The number of carboxylic acids is 1. The van der Waals surface area contributed by atoms with Crippen LogP contribution in [0.4, 0.5) is 0 Å². The lowest BCUT2D eigenvalue weighted by Crippen LogP contribution is -2.38. The van der Waals surface area contributed by atoms with Gasteiger partial charge in [-0.25, -0.2) is 4.79 Å². The minimum Gasteiger partial charge on any atom is -0.479 e. The topological polar surface area (TPSA) is 60.8 Å². The van der Waals surface area contributed by atoms with E-state index in [-0.39, 0.29) is 0 Å². The summed E-state index contributed by atoms with van der Waals surface area (Å²) in [6.07, 6.45) is -0.625. The molecule has 4 heteroatoms. The summed E-state index contributed by atoms with van der Waals surface area (Å²) < 4.78 is 0. The van der Waals surface area contributed by atoms with Gasteiger partial charge in [0.2, 0.25) is 0 Å². The smallest absolute Gasteiger partial charge is 0.333 e. The van der Waals surface area contributed by atoms with Crippen LogP contribution in [0.2, 0.25) is 0 Å². The molecule has 4 nitrogen and oxygen atoms in total. The Morgan fingerprint density at radius 2 is 1.92 bits per heavy atom. The van der Waals surface area contributed by atoms with Gasteiger partial charge in [0.25, 0.3) is 0 Å². The fourth-order valence-corrected chi connectivity index (χ4v) is 0.983. The van der Waals surface area contributed by atoms with Crippen molar-refractivity contribution >= 4 is 5.97 Å². The minimum absolute atomic E-state index is 0.573. The SMILES string of the molecule is CN(C)CCC(C)(C)C(O)C(=O)O. The van der Waals surface area contributed by atoms with Crippen LogP contribution in [0, 0.1) is 5.41 Å². The van der Waals surface area contributed by atoms with E-state index in [1.165, 1.54) is 0 Å². The van der Waals surface area contributed by atoms with Crippen LogP contribution in [0.15, 0.2) is 0 Å². The van der Waals surface area contributed by atoms with Crippen molar-refractivity contribution < 1.29 is 15.0 Å². The summed E-state index contributed by atoms with van der Waals surface area (Å²) in [5.41, 5.74) is -0.573. The molecule has 0 bridgehead atoms. The monoisotopic (exact) mass is 189 g/mol. The molecule has 0 aromatic carbocycles. The molecule has 0 aromatic rings. The second-order valence-electron chi connectivity index (χ2n) is 4.28. The van der Waals surface area contributed by atoms with E-state index in [1.807, 2.05) is 19.0 Å². The van der Waals surface area contributed by atoms with Crippen LogP contribution in [-0.4, -0.2) is 47.8 Å². The lowest BCUT2D eigenvalue weighted by Gasteiger charge is -2.28. The maximum absolute atomic E-state index is 10.5. The highest BCUT2D eigenvalue weighted by molar-refractivity contribution is 5.72. The average Bonchev–Trinajstić information content (AvgIpc) is 1.99. The van der Waals surface area contributed by atoms with E-state index in [0.717, 1.165) is 6.54 Å². The predicted molar refractivity (Wildman–Crippen MR) is 50.6 cm³/mol. The van der Waals surface area contributed by atoms with E-state index in [9.17, 15) is 9.90 Å². The first-order chi connectivity index (χ1) is 5.77. The molecule has 0 aliphatic rings. The minimum atomic E-state index is -1.28. The third-order valence-electron chi connectivity index (χ3n) is 2.18. The van der Waals surface area contributed by atoms with Gasteiger partial charge in [-0.3, -0.25) is 0 Å². The Morgan fingerprint density at radius 3 is 2.23 bits per heavy atom. The van der Waals surface area contributed by atoms with Gasteiger partial charge in [0.15, 0.2) is 6.10 Å². The highest BCUT2D eigenvalue weighted by atomic mass is 16.4. The second kappa shape index (κ2) is 4.58. The molecule has 0 radical (unpaired) electrons. The molecular weight excluding hydrogens is 170 g/mol. The molecule has 13 heavy (non-hydrogen) atoms. The summed E-state index contributed by atoms with van der Waals surface area (Å²) in [4.78, 5) is 12.5. The normalized spacial score (nSPS) is 14.6. The Balaban J connectivity index is 4.13. The molecule has 2 N–H and O–H groups in total. The standard InChI is InChI=1S/C9H19NO3/c1-9(2,5-6-10(3)4)7(11)8(12)13/h7,11H,5-6H2,1-4H3,(H,12,13). The van der Waals surface area contributed by atoms with Crippen molar-refractivity contribution in [2.75, 3.05) is 20.6 Å². The van der Waals surface area contributed by atoms with E-state index >= 15 is 0 Å². The zero-order valence-electron chi connectivity index (χ0n) is 8.74. The third-order valence-corrected chi connectivity index (χ3v) is 2.18. The average molecular weight is 189 g/mol. The molecule has 0 heterocycles. The molecule has 1 unspecified atom stereocenters. The van der Waals surface area contributed by atoms with Crippen LogP contribution in [0.3, 0.4) is 0 Å². The van der Waals surface area contributed by atoms with E-state index in [0.29, 0.717) is 6.42 Å². The molecular formula is C9H19NO3. The molecule has 0 aromatic heterocycles. The van der Waals surface area contributed by atoms with Crippen LogP contribution in [0.1, 0.15) is 20.3 Å². The van der Waals surface area contributed by atoms with Gasteiger partial charge in [-0.2, -0.15) is 0 Å². The van der Waals surface area contributed by atoms with Crippen LogP contribution >= 0.6 is 0 Å². The van der Waals surface area contributed by atoms with Gasteiger partial charge in [-0.05, 0) is 27.1 Å². The largest absolute Gasteiger partial charge is 0.479 e. The fraction of sp³-hybridized carbons (Fsp3) is 0.889. The molecule has 0 spiro atoms. The van der Waals surface area contributed by atoms with Gasteiger partial charge in [0.1, 0.15) is 0 Å². The number of hydrogen-bond donors (Lipinski definition) is 2. The summed E-state index contributed by atoms with van der Waals surface area (Å²) in [6.45, 7) is 4.29. The van der Waals surface area contributed by atoms with Crippen molar-refractivity contribution in [1.29, 1.82) is 0 Å². The first kappa shape index (κ1) is 12.4. The van der Waals surface area contributed by atoms with Gasteiger partial charge in [0.05, 0.1) is 0 Å². The molecule has 0 aliphatic carbocycles. The van der Waals surface area contributed by atoms with Crippen molar-refractivity contribution in [3.05, 3.63) is 0 Å². The molecule has 0 amide bonds. The Morgan fingerprint density at radius 1 is 1.46 bits per heavy atom. The zero-order valence-corrected chi connectivity index (χ0v) is 8.74. The molecule has 0 aliphatic heterocycles. The summed E-state index contributed by atoms with van der Waals surface area (Å²) >= 11 is 0. The number of carbonyl (C=O) groups is 1. The number of nitrogens with zero attached hydrogens (tertiary/aromatic N) is 1. The Bertz CT molecular complexity index is 178. The second-order valence-corrected chi connectivity index (χ2v) is 4.28. The Kier molecular flexibility index (Phi) is 4.36. The summed E-state index contributed by atoms with van der Waals surface area (Å²) in [5, 5.41) is 18.0. The molecule has 0 saturated carbocycles. The number of aliphatic carboxylic acids is 1. The van der Waals surface area contributed by atoms with Gasteiger partial charge < -0.3 is 15.1 Å². The summed E-state index contributed by atoms with van der Waals surface area (Å²) in [7, 11) is 3.84. The highest BCUT2D eigenvalue weighted by Crippen LogP contribution is 2.25. The van der Waals surface area contributed by atoms with Crippen molar-refractivity contribution in [2.24, 2.45) is 5.41 Å². The molecule has 0 saturated heterocycles. The van der Waals surface area contributed by atoms with Gasteiger partial charge in [-0.1, -0.05) is 13.8 Å². The maximum atomic E-state index is 10.5. The van der Waals surface area contributed by atoms with Crippen LogP contribution in [0.25, 0.3) is 0 Å². The lowest BCUT2D eigenvalue weighted by molar-refractivity contribution is -0.153. The molecule has 0 fully saturated rings. The van der Waals surface area contributed by atoms with Crippen LogP contribution in [-0.2, 0) is 4.79 Å². The van der Waals surface area contributed by atoms with Gasteiger partial charge in [-0.15, -0.1) is 0 Å². The molecule has 1 atom stereocenters. The first-order valence-corrected chi connectivity index (χ1v) is 4.33. The number of aliphatic hydroxyl groups excluding tert-OH is 1. The Hall–Kier alpha value is -0.610. The zero-order chi connectivity index (χ0) is 10.6. The van der Waals surface area contributed by atoms with Crippen molar-refractivity contribution in [2.45, 2.75) is 26.4 Å². The van der Waals surface area contributed by atoms with Crippen molar-refractivity contribution in [1.82, 2.24) is 4.90 Å². The Labute approximate surface area is 79.2 Å². The van der Waals surface area contributed by atoms with Crippen molar-refractivity contribution in [3.8, 4) is 0 Å². The summed E-state index contributed by atoms with van der Waals surface area (Å²) in [5.74, 6) is -1.15. The van der Waals surface area contributed by atoms with Crippen LogP contribution < -0.4 is 0 Å². The quantitative estimate of drug-likeness (QED) is 0.657. The summed E-state index contributed by atoms with van der Waals surface area (Å²) in [6, 6.07) is 0. The maximum Gasteiger partial charge on any atom is 0.333 e. The predicted octanol–water partition coefficient (Wildman–Crippen LogP) is 0.410.